The van der Waals surface area contributed by atoms with Crippen molar-refractivity contribution in [3.8, 4) is 0 Å². The van der Waals surface area contributed by atoms with Gasteiger partial charge in [0.15, 0.2) is 0 Å². The Morgan fingerprint density at radius 3 is 2.50 bits per heavy atom. The predicted molar refractivity (Wildman–Crippen MR) is 66.5 cm³/mol. The maximum atomic E-state index is 4.53. The summed E-state index contributed by atoms with van der Waals surface area (Å²) in [6, 6.07) is 0. The van der Waals surface area contributed by atoms with Crippen molar-refractivity contribution < 1.29 is 0 Å². The van der Waals surface area contributed by atoms with Crippen LogP contribution in [0.3, 0.4) is 0 Å². The summed E-state index contributed by atoms with van der Waals surface area (Å²) < 4.78 is 0. The van der Waals surface area contributed by atoms with E-state index in [0.29, 0.717) is 0 Å². The van der Waals surface area contributed by atoms with Gasteiger partial charge in [0, 0.05) is 19.3 Å². The fourth-order valence-electron chi connectivity index (χ4n) is 2.40. The van der Waals surface area contributed by atoms with Crippen molar-refractivity contribution in [1.29, 1.82) is 0 Å². The summed E-state index contributed by atoms with van der Waals surface area (Å²) in [5.74, 6) is 2.74. The van der Waals surface area contributed by atoms with Crippen molar-refractivity contribution in [1.82, 2.24) is 9.97 Å². The summed E-state index contributed by atoms with van der Waals surface area (Å²) >= 11 is 0. The Labute approximate surface area is 97.9 Å². The molecule has 1 aromatic heterocycles. The first-order chi connectivity index (χ1) is 7.66. The minimum Gasteiger partial charge on any atom is -0.355 e. The van der Waals surface area contributed by atoms with Crippen molar-refractivity contribution in [2.75, 3.05) is 18.0 Å². The summed E-state index contributed by atoms with van der Waals surface area (Å²) in [6.07, 6.45) is 6.26. The average molecular weight is 219 g/mol. The van der Waals surface area contributed by atoms with E-state index in [1.165, 1.54) is 12.8 Å². The standard InChI is InChI=1S/C13H21N3/c1-10(2)12-4-6-16(7-5-12)13-9-14-8-11(3)15-13/h8-10,12H,4-7H2,1-3H3. The number of rotatable bonds is 2. The van der Waals surface area contributed by atoms with Crippen molar-refractivity contribution in [2.45, 2.75) is 33.6 Å². The van der Waals surface area contributed by atoms with E-state index in [9.17, 15) is 0 Å². The monoisotopic (exact) mass is 219 g/mol. The van der Waals surface area contributed by atoms with Crippen molar-refractivity contribution >= 4 is 5.82 Å². The lowest BCUT2D eigenvalue weighted by atomic mass is 9.87. The zero-order chi connectivity index (χ0) is 11.5. The Morgan fingerprint density at radius 2 is 1.94 bits per heavy atom. The van der Waals surface area contributed by atoms with Crippen molar-refractivity contribution in [3.63, 3.8) is 0 Å². The van der Waals surface area contributed by atoms with Gasteiger partial charge in [-0.05, 0) is 31.6 Å². The molecule has 2 heterocycles. The first-order valence-electron chi connectivity index (χ1n) is 6.20. The molecule has 0 aliphatic carbocycles. The smallest absolute Gasteiger partial charge is 0.147 e. The molecule has 0 spiro atoms. The summed E-state index contributed by atoms with van der Waals surface area (Å²) in [7, 11) is 0. The largest absolute Gasteiger partial charge is 0.355 e. The molecule has 0 saturated carbocycles. The summed E-state index contributed by atoms with van der Waals surface area (Å²) in [5, 5.41) is 0. The molecular formula is C13H21N3. The van der Waals surface area contributed by atoms with Crippen LogP contribution < -0.4 is 4.90 Å². The van der Waals surface area contributed by atoms with Crippen LogP contribution in [0, 0.1) is 18.8 Å². The Hall–Kier alpha value is -1.12. The van der Waals surface area contributed by atoms with Crippen LogP contribution in [-0.2, 0) is 0 Å². The molecule has 3 heteroatoms. The van der Waals surface area contributed by atoms with Gasteiger partial charge in [0.25, 0.3) is 0 Å². The number of aromatic nitrogens is 2. The number of hydrogen-bond acceptors (Lipinski definition) is 3. The van der Waals surface area contributed by atoms with Crippen LogP contribution in [0.1, 0.15) is 32.4 Å². The Kier molecular flexibility index (Phi) is 3.42. The fraction of sp³-hybridized carbons (Fsp3) is 0.692. The number of piperidine rings is 1. The molecule has 16 heavy (non-hydrogen) atoms. The minimum absolute atomic E-state index is 0.811. The summed E-state index contributed by atoms with van der Waals surface area (Å²) in [6.45, 7) is 8.90. The molecule has 1 aliphatic heterocycles. The zero-order valence-corrected chi connectivity index (χ0v) is 10.5. The van der Waals surface area contributed by atoms with Crippen LogP contribution in [-0.4, -0.2) is 23.1 Å². The second-order valence-corrected chi connectivity index (χ2v) is 5.09. The molecule has 88 valence electrons. The molecule has 0 bridgehead atoms. The lowest BCUT2D eigenvalue weighted by Gasteiger charge is -2.34. The van der Waals surface area contributed by atoms with Gasteiger partial charge in [0.2, 0.25) is 0 Å². The predicted octanol–water partition coefficient (Wildman–Crippen LogP) is 2.66. The molecule has 3 nitrogen and oxygen atoms in total. The Balaban J connectivity index is 1.99. The van der Waals surface area contributed by atoms with E-state index in [4.69, 9.17) is 0 Å². The van der Waals surface area contributed by atoms with E-state index in [1.54, 1.807) is 0 Å². The van der Waals surface area contributed by atoms with Crippen LogP contribution in [0.25, 0.3) is 0 Å². The summed E-state index contributed by atoms with van der Waals surface area (Å²) in [5.41, 5.74) is 1.00. The highest BCUT2D eigenvalue weighted by Crippen LogP contribution is 2.26. The quantitative estimate of drug-likeness (QED) is 0.765. The molecule has 1 aliphatic rings. The third-order valence-corrected chi connectivity index (χ3v) is 3.55. The van der Waals surface area contributed by atoms with Crippen LogP contribution in [0.2, 0.25) is 0 Å². The van der Waals surface area contributed by atoms with Gasteiger partial charge in [-0.3, -0.25) is 4.98 Å². The van der Waals surface area contributed by atoms with Crippen molar-refractivity contribution in [2.24, 2.45) is 11.8 Å². The van der Waals surface area contributed by atoms with Gasteiger partial charge in [-0.2, -0.15) is 0 Å². The van der Waals surface area contributed by atoms with Gasteiger partial charge in [-0.1, -0.05) is 13.8 Å². The van der Waals surface area contributed by atoms with Gasteiger partial charge >= 0.3 is 0 Å². The third kappa shape index (κ3) is 2.52. The first-order valence-corrected chi connectivity index (χ1v) is 6.20. The molecule has 1 aromatic rings. The van der Waals surface area contributed by atoms with E-state index in [-0.39, 0.29) is 0 Å². The molecular weight excluding hydrogens is 198 g/mol. The van der Waals surface area contributed by atoms with Crippen LogP contribution in [0.4, 0.5) is 5.82 Å². The van der Waals surface area contributed by atoms with Gasteiger partial charge in [0.05, 0.1) is 11.9 Å². The zero-order valence-electron chi connectivity index (χ0n) is 10.5. The third-order valence-electron chi connectivity index (χ3n) is 3.55. The second kappa shape index (κ2) is 4.81. The van der Waals surface area contributed by atoms with Crippen molar-refractivity contribution in [3.05, 3.63) is 18.1 Å². The van der Waals surface area contributed by atoms with E-state index < -0.39 is 0 Å². The van der Waals surface area contributed by atoms with E-state index in [0.717, 1.165) is 36.4 Å². The van der Waals surface area contributed by atoms with Crippen LogP contribution in [0.5, 0.6) is 0 Å². The van der Waals surface area contributed by atoms with E-state index >= 15 is 0 Å². The first kappa shape index (κ1) is 11.4. The second-order valence-electron chi connectivity index (χ2n) is 5.09. The van der Waals surface area contributed by atoms with Crippen LogP contribution >= 0.6 is 0 Å². The highest BCUT2D eigenvalue weighted by molar-refractivity contribution is 5.36. The van der Waals surface area contributed by atoms with E-state index in [1.807, 2.05) is 19.3 Å². The molecule has 0 radical (unpaired) electrons. The minimum atomic E-state index is 0.811. The number of hydrogen-bond donors (Lipinski definition) is 0. The molecule has 2 rings (SSSR count). The number of anilines is 1. The van der Waals surface area contributed by atoms with Gasteiger partial charge in [-0.15, -0.1) is 0 Å². The molecule has 1 saturated heterocycles. The summed E-state index contributed by atoms with van der Waals surface area (Å²) in [4.78, 5) is 11.1. The SMILES string of the molecule is Cc1cncc(N2CCC(C(C)C)CC2)n1. The molecule has 0 N–H and O–H groups in total. The Bertz CT molecular complexity index is 341. The maximum absolute atomic E-state index is 4.53. The lowest BCUT2D eigenvalue weighted by Crippen LogP contribution is -2.35. The average Bonchev–Trinajstić information content (AvgIpc) is 2.29. The highest BCUT2D eigenvalue weighted by atomic mass is 15.2. The van der Waals surface area contributed by atoms with Gasteiger partial charge < -0.3 is 4.90 Å². The maximum Gasteiger partial charge on any atom is 0.147 e. The van der Waals surface area contributed by atoms with E-state index in [2.05, 4.69) is 28.7 Å². The van der Waals surface area contributed by atoms with Crippen LogP contribution in [0.15, 0.2) is 12.4 Å². The topological polar surface area (TPSA) is 29.0 Å². The molecule has 0 atom stereocenters. The van der Waals surface area contributed by atoms with Gasteiger partial charge in [0.1, 0.15) is 5.82 Å². The number of nitrogens with zero attached hydrogens (tertiary/aromatic N) is 3. The molecule has 0 aromatic carbocycles. The number of aryl methyl sites for hydroxylation is 1. The fourth-order valence-corrected chi connectivity index (χ4v) is 2.40. The normalized spacial score (nSPS) is 18.1. The molecule has 0 unspecified atom stereocenters. The van der Waals surface area contributed by atoms with Gasteiger partial charge in [-0.25, -0.2) is 4.98 Å². The Morgan fingerprint density at radius 1 is 1.25 bits per heavy atom. The highest BCUT2D eigenvalue weighted by Gasteiger charge is 2.22. The molecule has 1 fully saturated rings. The lowest BCUT2D eigenvalue weighted by molar-refractivity contribution is 0.310. The molecule has 0 amide bonds.